The van der Waals surface area contributed by atoms with Crippen molar-refractivity contribution in [3.05, 3.63) is 66.2 Å². The molecule has 3 rings (SSSR count). The van der Waals surface area contributed by atoms with Gasteiger partial charge in [0.15, 0.2) is 0 Å². The van der Waals surface area contributed by atoms with Gasteiger partial charge in [-0.05, 0) is 37.0 Å². The van der Waals surface area contributed by atoms with Crippen molar-refractivity contribution in [1.29, 1.82) is 0 Å². The highest BCUT2D eigenvalue weighted by molar-refractivity contribution is 7.89. The standard InChI is InChI=1S/C19H23NO2S/c21-23(22,19-13-5-2-6-14-19)20(18-11-7-8-12-18)16-15-17-9-3-1-4-10-17/h1-6,9-10,13-14,18H,7-8,11-12,15-16H2. The van der Waals surface area contributed by atoms with E-state index in [1.807, 2.05) is 24.3 Å². The zero-order chi connectivity index (χ0) is 16.1. The summed E-state index contributed by atoms with van der Waals surface area (Å²) in [7, 11) is -3.42. The van der Waals surface area contributed by atoms with Crippen molar-refractivity contribution in [1.82, 2.24) is 4.31 Å². The third-order valence-corrected chi connectivity index (χ3v) is 6.51. The van der Waals surface area contributed by atoms with Gasteiger partial charge in [-0.1, -0.05) is 61.4 Å². The summed E-state index contributed by atoms with van der Waals surface area (Å²) in [6.07, 6.45) is 4.94. The Morgan fingerprint density at radius 1 is 0.870 bits per heavy atom. The second kappa shape index (κ2) is 7.28. The van der Waals surface area contributed by atoms with Crippen LogP contribution in [0.4, 0.5) is 0 Å². The lowest BCUT2D eigenvalue weighted by atomic mass is 10.1. The zero-order valence-corrected chi connectivity index (χ0v) is 14.1. The fourth-order valence-corrected chi connectivity index (χ4v) is 5.01. The molecular formula is C19H23NO2S. The summed E-state index contributed by atoms with van der Waals surface area (Å²) < 4.78 is 27.9. The van der Waals surface area contributed by atoms with E-state index in [2.05, 4.69) is 12.1 Å². The molecule has 4 heteroatoms. The van der Waals surface area contributed by atoms with Crippen LogP contribution in [0.5, 0.6) is 0 Å². The topological polar surface area (TPSA) is 37.4 Å². The van der Waals surface area contributed by atoms with Crippen molar-refractivity contribution >= 4 is 10.0 Å². The van der Waals surface area contributed by atoms with E-state index in [4.69, 9.17) is 0 Å². The molecule has 122 valence electrons. The maximum atomic E-state index is 13.1. The Morgan fingerprint density at radius 2 is 1.43 bits per heavy atom. The summed E-state index contributed by atoms with van der Waals surface area (Å²) in [5.41, 5.74) is 1.18. The van der Waals surface area contributed by atoms with Crippen LogP contribution in [0.15, 0.2) is 65.6 Å². The highest BCUT2D eigenvalue weighted by atomic mass is 32.2. The lowest BCUT2D eigenvalue weighted by Crippen LogP contribution is -2.40. The van der Waals surface area contributed by atoms with E-state index in [1.165, 1.54) is 5.56 Å². The lowest BCUT2D eigenvalue weighted by molar-refractivity contribution is 0.325. The number of benzene rings is 2. The van der Waals surface area contributed by atoms with E-state index < -0.39 is 10.0 Å². The van der Waals surface area contributed by atoms with Crippen LogP contribution in [-0.4, -0.2) is 25.3 Å². The van der Waals surface area contributed by atoms with Crippen molar-refractivity contribution in [3.63, 3.8) is 0 Å². The number of rotatable bonds is 6. The Balaban J connectivity index is 1.83. The molecule has 0 unspecified atom stereocenters. The van der Waals surface area contributed by atoms with Crippen molar-refractivity contribution in [2.45, 2.75) is 43.0 Å². The van der Waals surface area contributed by atoms with Gasteiger partial charge in [-0.3, -0.25) is 0 Å². The van der Waals surface area contributed by atoms with E-state index in [1.54, 1.807) is 28.6 Å². The molecule has 0 bridgehead atoms. The van der Waals surface area contributed by atoms with Gasteiger partial charge in [-0.25, -0.2) is 8.42 Å². The maximum Gasteiger partial charge on any atom is 0.243 e. The van der Waals surface area contributed by atoms with Crippen molar-refractivity contribution in [2.24, 2.45) is 0 Å². The molecule has 0 N–H and O–H groups in total. The van der Waals surface area contributed by atoms with E-state index in [0.29, 0.717) is 11.4 Å². The predicted molar refractivity (Wildman–Crippen MR) is 92.7 cm³/mol. The molecule has 1 fully saturated rings. The van der Waals surface area contributed by atoms with E-state index in [-0.39, 0.29) is 6.04 Å². The van der Waals surface area contributed by atoms with Crippen molar-refractivity contribution in [3.8, 4) is 0 Å². The van der Waals surface area contributed by atoms with Crippen molar-refractivity contribution in [2.75, 3.05) is 6.54 Å². The molecule has 0 aliphatic heterocycles. The molecule has 0 amide bonds. The minimum atomic E-state index is -3.42. The lowest BCUT2D eigenvalue weighted by Gasteiger charge is -2.28. The average molecular weight is 329 g/mol. The van der Waals surface area contributed by atoms with Gasteiger partial charge in [0.25, 0.3) is 0 Å². The SMILES string of the molecule is O=S(=O)(c1ccccc1)N(CCc1ccccc1)C1CCCC1. The van der Waals surface area contributed by atoms with Crippen LogP contribution in [-0.2, 0) is 16.4 Å². The Labute approximate surface area is 139 Å². The normalized spacial score (nSPS) is 16.0. The minimum absolute atomic E-state index is 0.143. The number of hydrogen-bond donors (Lipinski definition) is 0. The molecule has 1 saturated carbocycles. The molecule has 3 nitrogen and oxygen atoms in total. The van der Waals surface area contributed by atoms with Gasteiger partial charge in [0.1, 0.15) is 0 Å². The molecule has 23 heavy (non-hydrogen) atoms. The summed E-state index contributed by atoms with van der Waals surface area (Å²) >= 11 is 0. The monoisotopic (exact) mass is 329 g/mol. The van der Waals surface area contributed by atoms with Gasteiger partial charge < -0.3 is 0 Å². The Bertz CT molecular complexity index is 708. The first-order valence-electron chi connectivity index (χ1n) is 8.29. The molecular weight excluding hydrogens is 306 g/mol. The molecule has 0 spiro atoms. The van der Waals surface area contributed by atoms with Gasteiger partial charge in [-0.15, -0.1) is 0 Å². The smallest absolute Gasteiger partial charge is 0.207 e. The Kier molecular flexibility index (Phi) is 5.13. The van der Waals surface area contributed by atoms with Gasteiger partial charge in [-0.2, -0.15) is 4.31 Å². The zero-order valence-electron chi connectivity index (χ0n) is 13.3. The van der Waals surface area contributed by atoms with Gasteiger partial charge in [0, 0.05) is 12.6 Å². The van der Waals surface area contributed by atoms with E-state index >= 15 is 0 Å². The molecule has 0 saturated heterocycles. The molecule has 0 atom stereocenters. The highest BCUT2D eigenvalue weighted by Crippen LogP contribution is 2.28. The third kappa shape index (κ3) is 3.82. The van der Waals surface area contributed by atoms with Gasteiger partial charge >= 0.3 is 0 Å². The molecule has 2 aromatic carbocycles. The Morgan fingerprint density at radius 3 is 2.04 bits per heavy atom. The minimum Gasteiger partial charge on any atom is -0.207 e. The van der Waals surface area contributed by atoms with Crippen LogP contribution < -0.4 is 0 Å². The second-order valence-electron chi connectivity index (χ2n) is 6.10. The Hall–Kier alpha value is -1.65. The first kappa shape index (κ1) is 16.2. The molecule has 1 aliphatic carbocycles. The van der Waals surface area contributed by atoms with Crippen LogP contribution >= 0.6 is 0 Å². The average Bonchev–Trinajstić information content (AvgIpc) is 3.11. The molecule has 0 radical (unpaired) electrons. The number of hydrogen-bond acceptors (Lipinski definition) is 2. The quantitative estimate of drug-likeness (QED) is 0.807. The number of nitrogens with zero attached hydrogens (tertiary/aromatic N) is 1. The molecule has 2 aromatic rings. The molecule has 0 heterocycles. The van der Waals surface area contributed by atoms with Crippen LogP contribution in [0, 0.1) is 0 Å². The second-order valence-corrected chi connectivity index (χ2v) is 7.99. The maximum absolute atomic E-state index is 13.1. The summed E-state index contributed by atoms with van der Waals surface area (Å²) in [5.74, 6) is 0. The van der Waals surface area contributed by atoms with Crippen LogP contribution in [0.2, 0.25) is 0 Å². The van der Waals surface area contributed by atoms with E-state index in [0.717, 1.165) is 32.1 Å². The molecule has 0 aromatic heterocycles. The van der Waals surface area contributed by atoms with Gasteiger partial charge in [0.05, 0.1) is 4.90 Å². The highest BCUT2D eigenvalue weighted by Gasteiger charge is 2.32. The molecule has 1 aliphatic rings. The van der Waals surface area contributed by atoms with Crippen LogP contribution in [0.3, 0.4) is 0 Å². The largest absolute Gasteiger partial charge is 0.243 e. The summed E-state index contributed by atoms with van der Waals surface area (Å²) in [6.45, 7) is 0.548. The predicted octanol–water partition coefficient (Wildman–Crippen LogP) is 3.86. The van der Waals surface area contributed by atoms with E-state index in [9.17, 15) is 8.42 Å². The van der Waals surface area contributed by atoms with Crippen LogP contribution in [0.25, 0.3) is 0 Å². The first-order valence-corrected chi connectivity index (χ1v) is 9.73. The van der Waals surface area contributed by atoms with Crippen molar-refractivity contribution < 1.29 is 8.42 Å². The first-order chi connectivity index (χ1) is 11.2. The number of sulfonamides is 1. The third-order valence-electron chi connectivity index (χ3n) is 4.55. The summed E-state index contributed by atoms with van der Waals surface area (Å²) in [4.78, 5) is 0.403. The fraction of sp³-hybridized carbons (Fsp3) is 0.368. The van der Waals surface area contributed by atoms with Crippen LogP contribution in [0.1, 0.15) is 31.2 Å². The summed E-state index contributed by atoms with van der Waals surface area (Å²) in [5, 5.41) is 0. The van der Waals surface area contributed by atoms with Gasteiger partial charge in [0.2, 0.25) is 10.0 Å². The summed E-state index contributed by atoms with van der Waals surface area (Å²) in [6, 6.07) is 19.1. The fourth-order valence-electron chi connectivity index (χ4n) is 3.30.